The molecule has 0 spiro atoms. The maximum absolute atomic E-state index is 14.2. The van der Waals surface area contributed by atoms with Crippen molar-refractivity contribution in [2.45, 2.75) is 32.0 Å². The zero-order valence-electron chi connectivity index (χ0n) is 14.4. The summed E-state index contributed by atoms with van der Waals surface area (Å²) in [6.07, 6.45) is -5.09. The zero-order chi connectivity index (χ0) is 19.8. The number of aromatic nitrogens is 2. The monoisotopic (exact) mass is 379 g/mol. The van der Waals surface area contributed by atoms with Crippen LogP contribution in [-0.4, -0.2) is 15.7 Å². The van der Waals surface area contributed by atoms with Crippen LogP contribution in [0, 0.1) is 5.82 Å². The van der Waals surface area contributed by atoms with Gasteiger partial charge in [-0.25, -0.2) is 9.37 Å². The van der Waals surface area contributed by atoms with Crippen molar-refractivity contribution in [1.29, 1.82) is 0 Å². The third-order valence-corrected chi connectivity index (χ3v) is 4.22. The van der Waals surface area contributed by atoms with Gasteiger partial charge in [0.05, 0.1) is 23.7 Å². The van der Waals surface area contributed by atoms with Gasteiger partial charge in [0.2, 0.25) is 0 Å². The molecule has 0 fully saturated rings. The summed E-state index contributed by atoms with van der Waals surface area (Å²) >= 11 is 0. The first kappa shape index (κ1) is 19.0. The van der Waals surface area contributed by atoms with Gasteiger partial charge in [-0.3, -0.25) is 9.36 Å². The van der Waals surface area contributed by atoms with Gasteiger partial charge >= 0.3 is 6.18 Å². The third-order valence-electron chi connectivity index (χ3n) is 4.22. The minimum absolute atomic E-state index is 0.0171. The summed E-state index contributed by atoms with van der Waals surface area (Å²) in [5.74, 6) is -0.577. The van der Waals surface area contributed by atoms with Crippen molar-refractivity contribution >= 4 is 10.9 Å². The summed E-state index contributed by atoms with van der Waals surface area (Å²) in [7, 11) is 0. The highest BCUT2D eigenvalue weighted by Crippen LogP contribution is 2.24. The molecule has 0 bridgehead atoms. The second kappa shape index (κ2) is 7.11. The van der Waals surface area contributed by atoms with E-state index in [1.165, 1.54) is 36.4 Å². The van der Waals surface area contributed by atoms with Crippen LogP contribution in [0.5, 0.6) is 0 Å². The molecule has 1 unspecified atom stereocenters. The Labute approximate surface area is 152 Å². The molecule has 1 atom stereocenters. The Morgan fingerprint density at radius 3 is 2.56 bits per heavy atom. The van der Waals surface area contributed by atoms with E-state index in [1.807, 2.05) is 0 Å². The lowest BCUT2D eigenvalue weighted by Gasteiger charge is -2.18. The molecule has 0 aliphatic heterocycles. The maximum Gasteiger partial charge on any atom is 0.393 e. The van der Waals surface area contributed by atoms with Crippen molar-refractivity contribution in [1.82, 2.24) is 9.55 Å². The number of halogens is 4. The van der Waals surface area contributed by atoms with Crippen molar-refractivity contribution in [3.05, 3.63) is 70.0 Å². The number of nitrogens with zero attached hydrogens (tertiary/aromatic N) is 2. The highest BCUT2D eigenvalue weighted by Gasteiger charge is 2.28. The third kappa shape index (κ3) is 3.85. The topological polar surface area (TPSA) is 60.9 Å². The van der Waals surface area contributed by atoms with Crippen LogP contribution in [0.15, 0.2) is 47.3 Å². The van der Waals surface area contributed by atoms with Crippen molar-refractivity contribution in [3.8, 4) is 5.69 Å². The lowest BCUT2D eigenvalue weighted by Crippen LogP contribution is -2.29. The van der Waals surface area contributed by atoms with Gasteiger partial charge in [-0.1, -0.05) is 25.1 Å². The SMILES string of the molecule is CCC(N)c1nc2cccc(F)c2c(=O)n1-c1cccc(CC(F)(F)F)c1. The Kier molecular flexibility index (Phi) is 5.01. The molecule has 0 aliphatic carbocycles. The molecule has 0 saturated carbocycles. The second-order valence-electron chi connectivity index (χ2n) is 6.22. The Morgan fingerprint density at radius 1 is 1.19 bits per heavy atom. The van der Waals surface area contributed by atoms with Gasteiger partial charge in [0.25, 0.3) is 5.56 Å². The summed E-state index contributed by atoms with van der Waals surface area (Å²) < 4.78 is 53.5. The minimum atomic E-state index is -4.39. The molecule has 0 saturated heterocycles. The van der Waals surface area contributed by atoms with Crippen LogP contribution < -0.4 is 11.3 Å². The molecule has 8 heteroatoms. The summed E-state index contributed by atoms with van der Waals surface area (Å²) in [5.41, 5.74) is 5.67. The van der Waals surface area contributed by atoms with Crippen LogP contribution in [0.3, 0.4) is 0 Å². The van der Waals surface area contributed by atoms with Crippen LogP contribution >= 0.6 is 0 Å². The summed E-state index contributed by atoms with van der Waals surface area (Å²) in [4.78, 5) is 17.3. The molecular formula is C19H17F4N3O. The van der Waals surface area contributed by atoms with E-state index < -0.39 is 30.0 Å². The number of fused-ring (bicyclic) bond motifs is 1. The van der Waals surface area contributed by atoms with Gasteiger partial charge in [0.15, 0.2) is 0 Å². The standard InChI is InChI=1S/C19H17F4N3O/c1-2-14(24)17-25-15-8-4-7-13(20)16(15)18(27)26(17)12-6-3-5-11(9-12)10-19(21,22)23/h3-9,14H,2,10,24H2,1H3. The largest absolute Gasteiger partial charge is 0.393 e. The predicted molar refractivity (Wildman–Crippen MR) is 94.3 cm³/mol. The van der Waals surface area contributed by atoms with Gasteiger partial charge < -0.3 is 5.73 Å². The molecule has 1 aromatic heterocycles. The molecule has 142 valence electrons. The smallest absolute Gasteiger partial charge is 0.321 e. The summed E-state index contributed by atoms with van der Waals surface area (Å²) in [6.45, 7) is 1.79. The fraction of sp³-hybridized carbons (Fsp3) is 0.263. The first-order chi connectivity index (χ1) is 12.7. The molecule has 0 aliphatic rings. The second-order valence-corrected chi connectivity index (χ2v) is 6.22. The van der Waals surface area contributed by atoms with E-state index in [9.17, 15) is 22.4 Å². The zero-order valence-corrected chi connectivity index (χ0v) is 14.4. The van der Waals surface area contributed by atoms with Crippen molar-refractivity contribution < 1.29 is 17.6 Å². The molecule has 0 radical (unpaired) electrons. The summed E-state index contributed by atoms with van der Waals surface area (Å²) in [5, 5.41) is -0.231. The number of nitrogens with two attached hydrogens (primary N) is 1. The molecule has 2 N–H and O–H groups in total. The van der Waals surface area contributed by atoms with E-state index in [4.69, 9.17) is 5.73 Å². The number of alkyl halides is 3. The van der Waals surface area contributed by atoms with Gasteiger partial charge in [-0.05, 0) is 36.2 Å². The van der Waals surface area contributed by atoms with Crippen molar-refractivity contribution in [2.75, 3.05) is 0 Å². The fourth-order valence-electron chi connectivity index (χ4n) is 2.92. The van der Waals surface area contributed by atoms with Gasteiger partial charge in [0.1, 0.15) is 17.0 Å². The van der Waals surface area contributed by atoms with Gasteiger partial charge in [-0.2, -0.15) is 13.2 Å². The van der Waals surface area contributed by atoms with Gasteiger partial charge in [0, 0.05) is 0 Å². The number of benzene rings is 2. The predicted octanol–water partition coefficient (Wildman–Crippen LogP) is 4.04. The Hall–Kier alpha value is -2.74. The maximum atomic E-state index is 14.2. The van der Waals surface area contributed by atoms with Crippen LogP contribution in [0.25, 0.3) is 16.6 Å². The average molecular weight is 379 g/mol. The van der Waals surface area contributed by atoms with Crippen LogP contribution in [0.1, 0.15) is 30.8 Å². The van der Waals surface area contributed by atoms with E-state index in [0.29, 0.717) is 6.42 Å². The molecule has 2 aromatic carbocycles. The minimum Gasteiger partial charge on any atom is -0.321 e. The average Bonchev–Trinajstić information content (AvgIpc) is 2.59. The van der Waals surface area contributed by atoms with E-state index in [2.05, 4.69) is 4.98 Å². The molecule has 4 nitrogen and oxygen atoms in total. The first-order valence-electron chi connectivity index (χ1n) is 8.34. The van der Waals surface area contributed by atoms with E-state index in [0.717, 1.165) is 10.6 Å². The van der Waals surface area contributed by atoms with Crippen molar-refractivity contribution in [3.63, 3.8) is 0 Å². The van der Waals surface area contributed by atoms with E-state index >= 15 is 0 Å². The first-order valence-corrected chi connectivity index (χ1v) is 8.34. The highest BCUT2D eigenvalue weighted by atomic mass is 19.4. The Morgan fingerprint density at radius 2 is 1.89 bits per heavy atom. The normalized spacial score (nSPS) is 13.1. The van der Waals surface area contributed by atoms with Crippen molar-refractivity contribution in [2.24, 2.45) is 5.73 Å². The summed E-state index contributed by atoms with van der Waals surface area (Å²) in [6, 6.07) is 8.87. The molecule has 3 aromatic rings. The quantitative estimate of drug-likeness (QED) is 0.696. The number of rotatable bonds is 4. The van der Waals surface area contributed by atoms with E-state index in [-0.39, 0.29) is 28.0 Å². The van der Waals surface area contributed by atoms with Crippen LogP contribution in [-0.2, 0) is 6.42 Å². The van der Waals surface area contributed by atoms with Crippen LogP contribution in [0.4, 0.5) is 17.6 Å². The van der Waals surface area contributed by atoms with Gasteiger partial charge in [-0.15, -0.1) is 0 Å². The molecule has 27 heavy (non-hydrogen) atoms. The molecule has 3 rings (SSSR count). The number of hydrogen-bond acceptors (Lipinski definition) is 3. The van der Waals surface area contributed by atoms with Crippen LogP contribution in [0.2, 0.25) is 0 Å². The highest BCUT2D eigenvalue weighted by molar-refractivity contribution is 5.78. The Balaban J connectivity index is 2.30. The number of hydrogen-bond donors (Lipinski definition) is 1. The lowest BCUT2D eigenvalue weighted by molar-refractivity contribution is -0.127. The fourth-order valence-corrected chi connectivity index (χ4v) is 2.92. The molecule has 0 amide bonds. The lowest BCUT2D eigenvalue weighted by atomic mass is 10.1. The molecular weight excluding hydrogens is 362 g/mol. The Bertz CT molecular complexity index is 1040. The van der Waals surface area contributed by atoms with E-state index in [1.54, 1.807) is 6.92 Å². The molecule has 1 heterocycles.